The van der Waals surface area contributed by atoms with Crippen LogP contribution in [0.2, 0.25) is 10.0 Å². The van der Waals surface area contributed by atoms with Gasteiger partial charge < -0.3 is 10.6 Å². The predicted octanol–water partition coefficient (Wildman–Crippen LogP) is 5.30. The second-order valence-corrected chi connectivity index (χ2v) is 7.07. The molecule has 1 fully saturated rings. The van der Waals surface area contributed by atoms with Crippen molar-refractivity contribution in [2.24, 2.45) is 0 Å². The van der Waals surface area contributed by atoms with E-state index in [1.807, 2.05) is 0 Å². The van der Waals surface area contributed by atoms with E-state index in [-0.39, 0.29) is 17.5 Å². The largest absolute Gasteiger partial charge is 0.435 e. The quantitative estimate of drug-likeness (QED) is 0.623. The average molecular weight is 421 g/mol. The lowest BCUT2D eigenvalue weighted by Gasteiger charge is -2.10. The molecule has 1 aromatic carbocycles. The van der Waals surface area contributed by atoms with Gasteiger partial charge in [-0.3, -0.25) is 4.68 Å². The zero-order valence-electron chi connectivity index (χ0n) is 14.1. The molecule has 2 amide bonds. The molecule has 3 rings (SSSR count). The second-order valence-electron chi connectivity index (χ2n) is 6.29. The molecule has 0 spiro atoms. The summed E-state index contributed by atoms with van der Waals surface area (Å²) in [4.78, 5) is 11.9. The molecule has 1 aliphatic rings. The molecule has 1 aromatic heterocycles. The zero-order chi connectivity index (χ0) is 19.6. The Morgan fingerprint density at radius 1 is 1.30 bits per heavy atom. The number of amides is 2. The number of hydrogen-bond acceptors (Lipinski definition) is 2. The van der Waals surface area contributed by atoms with Gasteiger partial charge in [-0.15, -0.1) is 0 Å². The highest BCUT2D eigenvalue weighted by Crippen LogP contribution is 2.42. The summed E-state index contributed by atoms with van der Waals surface area (Å²) in [5.41, 5.74) is 0.114. The number of carbonyl (C=O) groups is 1. The van der Waals surface area contributed by atoms with Crippen LogP contribution >= 0.6 is 23.2 Å². The highest BCUT2D eigenvalue weighted by atomic mass is 35.5. The molecule has 0 bridgehead atoms. The summed E-state index contributed by atoms with van der Waals surface area (Å²) in [6.45, 7) is 0.565. The van der Waals surface area contributed by atoms with Gasteiger partial charge in [-0.05, 0) is 37.5 Å². The van der Waals surface area contributed by atoms with Gasteiger partial charge in [0.2, 0.25) is 0 Å². The molecule has 0 radical (unpaired) electrons. The number of carbonyl (C=O) groups excluding carboxylic acids is 1. The first-order valence-electron chi connectivity index (χ1n) is 8.39. The van der Waals surface area contributed by atoms with Crippen LogP contribution in [-0.2, 0) is 12.7 Å². The van der Waals surface area contributed by atoms with Crippen LogP contribution in [-0.4, -0.2) is 22.4 Å². The van der Waals surface area contributed by atoms with E-state index in [9.17, 15) is 18.0 Å². The third kappa shape index (κ3) is 5.07. The number of nitrogens with zero attached hydrogens (tertiary/aromatic N) is 2. The minimum Gasteiger partial charge on any atom is -0.338 e. The molecule has 2 aromatic rings. The maximum atomic E-state index is 12.9. The molecule has 27 heavy (non-hydrogen) atoms. The van der Waals surface area contributed by atoms with Gasteiger partial charge in [0.25, 0.3) is 0 Å². The Morgan fingerprint density at radius 2 is 2.04 bits per heavy atom. The second kappa shape index (κ2) is 7.98. The number of urea groups is 1. The van der Waals surface area contributed by atoms with Crippen molar-refractivity contribution in [1.29, 1.82) is 0 Å². The van der Waals surface area contributed by atoms with Gasteiger partial charge in [0.15, 0.2) is 5.69 Å². The summed E-state index contributed by atoms with van der Waals surface area (Å²) in [5.74, 6) is 0.148. The van der Waals surface area contributed by atoms with Gasteiger partial charge in [-0.2, -0.15) is 18.3 Å². The maximum Gasteiger partial charge on any atom is 0.435 e. The number of aryl methyl sites for hydroxylation is 1. The lowest BCUT2D eigenvalue weighted by atomic mass is 10.2. The van der Waals surface area contributed by atoms with Crippen LogP contribution in [0.1, 0.15) is 36.6 Å². The fourth-order valence-corrected chi connectivity index (χ4v) is 3.00. The highest BCUT2D eigenvalue weighted by molar-refractivity contribution is 6.43. The van der Waals surface area contributed by atoms with Gasteiger partial charge in [-0.1, -0.05) is 29.3 Å². The van der Waals surface area contributed by atoms with E-state index in [0.717, 1.165) is 18.9 Å². The lowest BCUT2D eigenvalue weighted by molar-refractivity contribution is -0.141. The number of halogens is 5. The lowest BCUT2D eigenvalue weighted by Crippen LogP contribution is -2.30. The molecule has 2 N–H and O–H groups in total. The van der Waals surface area contributed by atoms with Crippen molar-refractivity contribution < 1.29 is 18.0 Å². The minimum atomic E-state index is -4.46. The van der Waals surface area contributed by atoms with Gasteiger partial charge in [0.05, 0.1) is 15.7 Å². The fraction of sp³-hybridized carbons (Fsp3) is 0.412. The monoisotopic (exact) mass is 420 g/mol. The average Bonchev–Trinajstić information content (AvgIpc) is 3.34. The molecular weight excluding hydrogens is 404 g/mol. The Kier molecular flexibility index (Phi) is 5.86. The fourth-order valence-electron chi connectivity index (χ4n) is 2.65. The van der Waals surface area contributed by atoms with Crippen molar-refractivity contribution in [3.05, 3.63) is 45.7 Å². The Balaban J connectivity index is 1.51. The summed E-state index contributed by atoms with van der Waals surface area (Å²) in [5, 5.41) is 9.45. The smallest absolute Gasteiger partial charge is 0.338 e. The van der Waals surface area contributed by atoms with Crippen molar-refractivity contribution in [3.8, 4) is 0 Å². The van der Waals surface area contributed by atoms with Crippen LogP contribution in [0.25, 0.3) is 0 Å². The standard InChI is InChI=1S/C17H17Cl2F3N4O/c18-11-3-1-4-12(15(11)19)24-16(27)23-7-2-8-26-13(10-5-6-10)9-14(25-26)17(20,21)22/h1,3-4,9-10H,2,5-8H2,(H2,23,24,27). The summed E-state index contributed by atoms with van der Waals surface area (Å²) < 4.78 is 40.0. The zero-order valence-corrected chi connectivity index (χ0v) is 15.6. The van der Waals surface area contributed by atoms with Crippen LogP contribution in [0.4, 0.5) is 23.7 Å². The number of alkyl halides is 3. The van der Waals surface area contributed by atoms with Crippen molar-refractivity contribution in [1.82, 2.24) is 15.1 Å². The summed E-state index contributed by atoms with van der Waals surface area (Å²) >= 11 is 11.9. The Bertz CT molecular complexity index is 834. The Morgan fingerprint density at radius 3 is 2.70 bits per heavy atom. The summed E-state index contributed by atoms with van der Waals surface area (Å²) in [6.07, 6.45) is -2.26. The van der Waals surface area contributed by atoms with Gasteiger partial charge in [0.1, 0.15) is 0 Å². The molecule has 0 saturated heterocycles. The topological polar surface area (TPSA) is 59.0 Å². The third-order valence-electron chi connectivity index (χ3n) is 4.13. The molecule has 0 unspecified atom stereocenters. The van der Waals surface area contributed by atoms with E-state index in [0.29, 0.717) is 29.4 Å². The summed E-state index contributed by atoms with van der Waals surface area (Å²) in [6, 6.07) is 5.51. The van der Waals surface area contributed by atoms with Crippen LogP contribution in [0, 0.1) is 0 Å². The van der Waals surface area contributed by atoms with Gasteiger partial charge in [-0.25, -0.2) is 4.79 Å². The van der Waals surface area contributed by atoms with Crippen LogP contribution < -0.4 is 10.6 Å². The molecule has 0 aliphatic heterocycles. The first-order chi connectivity index (χ1) is 12.8. The number of aromatic nitrogens is 2. The van der Waals surface area contributed by atoms with Crippen LogP contribution in [0.5, 0.6) is 0 Å². The molecule has 1 aliphatic carbocycles. The molecule has 5 nitrogen and oxygen atoms in total. The third-order valence-corrected chi connectivity index (χ3v) is 4.95. The van der Waals surface area contributed by atoms with Crippen molar-refractivity contribution in [2.75, 3.05) is 11.9 Å². The summed E-state index contributed by atoms with van der Waals surface area (Å²) in [7, 11) is 0. The predicted molar refractivity (Wildman–Crippen MR) is 97.3 cm³/mol. The Labute approximate surface area is 163 Å². The first-order valence-corrected chi connectivity index (χ1v) is 9.15. The normalized spacial score (nSPS) is 14.3. The molecule has 146 valence electrons. The number of hydrogen-bond donors (Lipinski definition) is 2. The molecular formula is C17H17Cl2F3N4O. The van der Waals surface area contributed by atoms with E-state index in [4.69, 9.17) is 23.2 Å². The van der Waals surface area contributed by atoms with E-state index in [1.165, 1.54) is 4.68 Å². The van der Waals surface area contributed by atoms with Crippen molar-refractivity contribution in [2.45, 2.75) is 37.9 Å². The molecule has 0 atom stereocenters. The van der Waals surface area contributed by atoms with Gasteiger partial charge >= 0.3 is 12.2 Å². The molecule has 1 heterocycles. The number of benzene rings is 1. The van der Waals surface area contributed by atoms with Crippen LogP contribution in [0.15, 0.2) is 24.3 Å². The number of anilines is 1. The van der Waals surface area contributed by atoms with E-state index >= 15 is 0 Å². The highest BCUT2D eigenvalue weighted by Gasteiger charge is 2.37. The SMILES string of the molecule is O=C(NCCCn1nc(C(F)(F)F)cc1C1CC1)Nc1cccc(Cl)c1Cl. The van der Waals surface area contributed by atoms with Gasteiger partial charge in [0, 0.05) is 24.7 Å². The molecule has 10 heteroatoms. The van der Waals surface area contributed by atoms with Crippen LogP contribution in [0.3, 0.4) is 0 Å². The molecule has 1 saturated carbocycles. The van der Waals surface area contributed by atoms with E-state index in [2.05, 4.69) is 15.7 Å². The van der Waals surface area contributed by atoms with E-state index < -0.39 is 17.9 Å². The Hall–Kier alpha value is -1.93. The van der Waals surface area contributed by atoms with E-state index in [1.54, 1.807) is 18.2 Å². The number of nitrogens with one attached hydrogen (secondary N) is 2. The maximum absolute atomic E-state index is 12.9. The van der Waals surface area contributed by atoms with Crippen molar-refractivity contribution >= 4 is 34.9 Å². The van der Waals surface area contributed by atoms with Crippen molar-refractivity contribution in [3.63, 3.8) is 0 Å². The first kappa shape index (κ1) is 19.8. The minimum absolute atomic E-state index is 0.148. The number of rotatable bonds is 6.